The van der Waals surface area contributed by atoms with Crippen molar-refractivity contribution >= 4 is 21.7 Å². The van der Waals surface area contributed by atoms with E-state index in [0.29, 0.717) is 6.04 Å². The number of aryl methyl sites for hydroxylation is 1. The average Bonchev–Trinajstić information content (AvgIpc) is 2.45. The number of hydrogen-bond donors (Lipinski definition) is 0. The summed E-state index contributed by atoms with van der Waals surface area (Å²) in [6, 6.07) is 2.75. The Bertz CT molecular complexity index is 365. The molecule has 1 aromatic rings. The van der Waals surface area contributed by atoms with Crippen molar-refractivity contribution in [2.24, 2.45) is 5.92 Å². The van der Waals surface area contributed by atoms with Crippen LogP contribution in [0.1, 0.15) is 25.8 Å². The molecule has 0 spiro atoms. The number of hydrogen-bond acceptors (Lipinski definition) is 2. The van der Waals surface area contributed by atoms with Crippen molar-refractivity contribution in [1.29, 1.82) is 0 Å². The molecule has 2 heterocycles. The fourth-order valence-electron chi connectivity index (χ4n) is 2.43. The van der Waals surface area contributed by atoms with Crippen LogP contribution in [0, 0.1) is 12.8 Å². The molecular formula is C12H17BrN2. The maximum Gasteiger partial charge on any atom is 0.131 e. The summed E-state index contributed by atoms with van der Waals surface area (Å²) in [4.78, 5) is 6.95. The highest BCUT2D eigenvalue weighted by Gasteiger charge is 2.27. The molecule has 0 radical (unpaired) electrons. The molecule has 1 aliphatic heterocycles. The Hall–Kier alpha value is -0.570. The molecule has 0 amide bonds. The Labute approximate surface area is 99.8 Å². The fourth-order valence-corrected chi connectivity index (χ4v) is 2.87. The number of pyridine rings is 1. The number of anilines is 1. The van der Waals surface area contributed by atoms with Crippen LogP contribution in [-0.2, 0) is 0 Å². The van der Waals surface area contributed by atoms with E-state index in [-0.39, 0.29) is 0 Å². The zero-order chi connectivity index (χ0) is 11.0. The smallest absolute Gasteiger partial charge is 0.131 e. The third kappa shape index (κ3) is 2.17. The van der Waals surface area contributed by atoms with Gasteiger partial charge in [0.25, 0.3) is 0 Å². The number of nitrogens with zero attached hydrogens (tertiary/aromatic N) is 2. The first kappa shape index (κ1) is 10.9. The molecule has 2 rings (SSSR count). The predicted octanol–water partition coefficient (Wildman–Crippen LogP) is 3.39. The lowest BCUT2D eigenvalue weighted by Gasteiger charge is -2.24. The average molecular weight is 269 g/mol. The molecule has 3 heteroatoms. The topological polar surface area (TPSA) is 16.1 Å². The van der Waals surface area contributed by atoms with E-state index in [1.165, 1.54) is 12.0 Å². The van der Waals surface area contributed by atoms with E-state index in [1.54, 1.807) is 0 Å². The van der Waals surface area contributed by atoms with Gasteiger partial charge in [0.2, 0.25) is 0 Å². The summed E-state index contributed by atoms with van der Waals surface area (Å²) in [5, 5.41) is 0. The van der Waals surface area contributed by atoms with Crippen molar-refractivity contribution in [3.8, 4) is 0 Å². The van der Waals surface area contributed by atoms with E-state index in [9.17, 15) is 0 Å². The number of halogens is 1. The van der Waals surface area contributed by atoms with Crippen LogP contribution in [0.2, 0.25) is 0 Å². The van der Waals surface area contributed by atoms with Gasteiger partial charge in [-0.25, -0.2) is 4.98 Å². The van der Waals surface area contributed by atoms with E-state index in [2.05, 4.69) is 52.7 Å². The highest BCUT2D eigenvalue weighted by Crippen LogP contribution is 2.30. The van der Waals surface area contributed by atoms with Crippen molar-refractivity contribution in [3.63, 3.8) is 0 Å². The Morgan fingerprint density at radius 1 is 1.47 bits per heavy atom. The molecule has 0 N–H and O–H groups in total. The highest BCUT2D eigenvalue weighted by atomic mass is 79.9. The molecule has 2 atom stereocenters. The van der Waals surface area contributed by atoms with Gasteiger partial charge in [0.1, 0.15) is 5.82 Å². The molecule has 0 saturated carbocycles. The largest absolute Gasteiger partial charge is 0.353 e. The van der Waals surface area contributed by atoms with E-state index < -0.39 is 0 Å². The normalized spacial score (nSPS) is 26.0. The van der Waals surface area contributed by atoms with Crippen LogP contribution in [0.5, 0.6) is 0 Å². The molecule has 0 aromatic carbocycles. The van der Waals surface area contributed by atoms with Gasteiger partial charge >= 0.3 is 0 Å². The van der Waals surface area contributed by atoms with Gasteiger partial charge in [-0.2, -0.15) is 0 Å². The molecule has 0 aliphatic carbocycles. The third-order valence-corrected chi connectivity index (χ3v) is 3.51. The summed E-state index contributed by atoms with van der Waals surface area (Å²) in [6.45, 7) is 7.86. The minimum Gasteiger partial charge on any atom is -0.353 e. The Morgan fingerprint density at radius 2 is 2.20 bits per heavy atom. The van der Waals surface area contributed by atoms with Crippen LogP contribution in [0.3, 0.4) is 0 Å². The van der Waals surface area contributed by atoms with E-state index >= 15 is 0 Å². The number of aromatic nitrogens is 1. The Morgan fingerprint density at radius 3 is 2.73 bits per heavy atom. The summed E-state index contributed by atoms with van der Waals surface area (Å²) < 4.78 is 1.06. The van der Waals surface area contributed by atoms with Crippen molar-refractivity contribution in [2.45, 2.75) is 33.2 Å². The quantitative estimate of drug-likeness (QED) is 0.777. The predicted molar refractivity (Wildman–Crippen MR) is 67.3 cm³/mol. The van der Waals surface area contributed by atoms with Crippen molar-refractivity contribution in [1.82, 2.24) is 4.98 Å². The molecule has 0 bridgehead atoms. The summed E-state index contributed by atoms with van der Waals surface area (Å²) in [7, 11) is 0. The Balaban J connectivity index is 2.29. The van der Waals surface area contributed by atoms with E-state index in [0.717, 1.165) is 22.8 Å². The fraction of sp³-hybridized carbons (Fsp3) is 0.583. The zero-order valence-corrected chi connectivity index (χ0v) is 11.1. The van der Waals surface area contributed by atoms with Crippen LogP contribution in [0.25, 0.3) is 0 Å². The molecule has 2 nitrogen and oxygen atoms in total. The van der Waals surface area contributed by atoms with Crippen molar-refractivity contribution in [2.75, 3.05) is 11.4 Å². The molecule has 15 heavy (non-hydrogen) atoms. The Kier molecular flexibility index (Phi) is 3.01. The minimum atomic E-state index is 0.618. The van der Waals surface area contributed by atoms with Crippen LogP contribution in [0.15, 0.2) is 16.7 Å². The maximum absolute atomic E-state index is 4.52. The maximum atomic E-state index is 4.52. The first-order valence-electron chi connectivity index (χ1n) is 5.46. The molecule has 2 unspecified atom stereocenters. The highest BCUT2D eigenvalue weighted by molar-refractivity contribution is 9.10. The lowest BCUT2D eigenvalue weighted by molar-refractivity contribution is 0.625. The summed E-state index contributed by atoms with van der Waals surface area (Å²) >= 11 is 3.45. The van der Waals surface area contributed by atoms with Gasteiger partial charge in [0.05, 0.1) is 0 Å². The minimum absolute atomic E-state index is 0.618. The first-order chi connectivity index (χ1) is 7.08. The van der Waals surface area contributed by atoms with Crippen LogP contribution < -0.4 is 4.90 Å². The molecule has 1 saturated heterocycles. The van der Waals surface area contributed by atoms with Gasteiger partial charge in [-0.15, -0.1) is 0 Å². The lowest BCUT2D eigenvalue weighted by atomic mass is 10.1. The van der Waals surface area contributed by atoms with Gasteiger partial charge in [0, 0.05) is 23.3 Å². The second kappa shape index (κ2) is 4.12. The standard InChI is InChI=1S/C12H17BrN2/c1-8-4-10(3)15(7-8)12-9(2)5-11(13)6-14-12/h5-6,8,10H,4,7H2,1-3H3. The zero-order valence-electron chi connectivity index (χ0n) is 9.50. The van der Waals surface area contributed by atoms with Gasteiger partial charge in [-0.1, -0.05) is 6.92 Å². The third-order valence-electron chi connectivity index (χ3n) is 3.07. The van der Waals surface area contributed by atoms with Crippen molar-refractivity contribution in [3.05, 3.63) is 22.3 Å². The first-order valence-corrected chi connectivity index (χ1v) is 6.26. The molecule has 1 fully saturated rings. The summed E-state index contributed by atoms with van der Waals surface area (Å²) in [6.07, 6.45) is 3.16. The molecule has 1 aromatic heterocycles. The van der Waals surface area contributed by atoms with Gasteiger partial charge in [-0.05, 0) is 53.7 Å². The lowest BCUT2D eigenvalue weighted by Crippen LogP contribution is -2.28. The second-order valence-electron chi connectivity index (χ2n) is 4.64. The van der Waals surface area contributed by atoms with Crippen LogP contribution in [0.4, 0.5) is 5.82 Å². The molecular weight excluding hydrogens is 252 g/mol. The van der Waals surface area contributed by atoms with Crippen LogP contribution >= 0.6 is 15.9 Å². The van der Waals surface area contributed by atoms with Gasteiger partial charge in [0.15, 0.2) is 0 Å². The van der Waals surface area contributed by atoms with Crippen molar-refractivity contribution < 1.29 is 0 Å². The van der Waals surface area contributed by atoms with E-state index in [4.69, 9.17) is 0 Å². The van der Waals surface area contributed by atoms with Crippen LogP contribution in [-0.4, -0.2) is 17.6 Å². The molecule has 82 valence electrons. The summed E-state index contributed by atoms with van der Waals surface area (Å²) in [5.41, 5.74) is 1.25. The van der Waals surface area contributed by atoms with Gasteiger partial charge < -0.3 is 4.90 Å². The monoisotopic (exact) mass is 268 g/mol. The molecule has 1 aliphatic rings. The second-order valence-corrected chi connectivity index (χ2v) is 5.55. The SMILES string of the molecule is Cc1cc(Br)cnc1N1CC(C)CC1C. The van der Waals surface area contributed by atoms with E-state index in [1.807, 2.05) is 6.20 Å². The number of rotatable bonds is 1. The summed E-state index contributed by atoms with van der Waals surface area (Å²) in [5.74, 6) is 1.93. The van der Waals surface area contributed by atoms with Gasteiger partial charge in [-0.3, -0.25) is 0 Å².